The molecule has 50 heavy (non-hydrogen) atoms. The lowest BCUT2D eigenvalue weighted by atomic mass is 9.81. The molecular weight excluding hydrogens is 653 g/mol. The number of aliphatic hydroxyl groups is 1. The smallest absolute Gasteiger partial charge is 0.343 e. The van der Waals surface area contributed by atoms with Gasteiger partial charge in [-0.1, -0.05) is 6.92 Å². The number of benzene rings is 1. The molecule has 3 aliphatic rings. The number of aromatic nitrogens is 2. The lowest BCUT2D eigenvalue weighted by Crippen LogP contribution is -2.55. The number of aryl methyl sites for hydroxylation is 1. The summed E-state index contributed by atoms with van der Waals surface area (Å²) in [5.41, 5.74) is 11.9. The number of nitrogens with one attached hydrogen (secondary N) is 3. The van der Waals surface area contributed by atoms with Crippen molar-refractivity contribution in [3.05, 3.63) is 61.7 Å². The van der Waals surface area contributed by atoms with E-state index in [0.29, 0.717) is 51.9 Å². The van der Waals surface area contributed by atoms with Crippen LogP contribution in [-0.4, -0.2) is 62.4 Å². The van der Waals surface area contributed by atoms with Gasteiger partial charge in [-0.25, -0.2) is 14.2 Å². The van der Waals surface area contributed by atoms with Crippen molar-refractivity contribution in [2.24, 2.45) is 11.5 Å². The van der Waals surface area contributed by atoms with Crippen LogP contribution in [0.25, 0.3) is 22.3 Å². The zero-order chi connectivity index (χ0) is 36.4. The van der Waals surface area contributed by atoms with Gasteiger partial charge in [-0.15, -0.1) is 0 Å². The molecule has 0 radical (unpaired) electrons. The number of nitrogens with two attached hydrogens (primary N) is 2. The van der Waals surface area contributed by atoms with E-state index in [1.165, 1.54) is 24.5 Å². The summed E-state index contributed by atoms with van der Waals surface area (Å²) in [6.07, 6.45) is 0.0615. The lowest BCUT2D eigenvalue weighted by molar-refractivity contribution is -0.172. The second kappa shape index (κ2) is 12.6. The summed E-state index contributed by atoms with van der Waals surface area (Å²) in [7, 11) is 0. The molecule has 8 N–H and O–H groups in total. The number of hydrogen-bond donors (Lipinski definition) is 6. The van der Waals surface area contributed by atoms with Crippen molar-refractivity contribution in [3.8, 4) is 11.4 Å². The maximum absolute atomic E-state index is 15.3. The molecule has 2 aliphatic heterocycles. The normalized spacial score (nSPS) is 20.5. The van der Waals surface area contributed by atoms with Crippen LogP contribution in [0.4, 0.5) is 4.39 Å². The SMILES string of the molecule is CC[C@@]1(O)C(=O)OCc2c1cc1n(c2=O)Cc2c-1nc1cc(F)c(C)c3c1c2[C@@H](NC(=O)[C@H](CC(N)=O)NC(=O)[C@H](C)NC(=O)[C@H](C)N)CC3. The Morgan fingerprint density at radius 3 is 2.50 bits per heavy atom. The van der Waals surface area contributed by atoms with E-state index in [0.717, 1.165) is 0 Å². The van der Waals surface area contributed by atoms with Crippen molar-refractivity contribution in [1.29, 1.82) is 0 Å². The number of primary amides is 1. The number of carbonyl (C=O) groups excluding carboxylic acids is 5. The van der Waals surface area contributed by atoms with E-state index < -0.39 is 77.2 Å². The minimum atomic E-state index is -2.05. The Bertz CT molecular complexity index is 2080. The average Bonchev–Trinajstić information content (AvgIpc) is 3.43. The number of fused-ring (bicyclic) bond motifs is 5. The Labute approximate surface area is 284 Å². The van der Waals surface area contributed by atoms with E-state index in [9.17, 15) is 33.9 Å². The average molecular weight is 692 g/mol. The van der Waals surface area contributed by atoms with Crippen molar-refractivity contribution in [3.63, 3.8) is 0 Å². The van der Waals surface area contributed by atoms with Crippen LogP contribution in [0.3, 0.4) is 0 Å². The molecule has 4 heterocycles. The van der Waals surface area contributed by atoms with E-state index in [1.54, 1.807) is 19.9 Å². The van der Waals surface area contributed by atoms with Crippen LogP contribution >= 0.6 is 0 Å². The maximum atomic E-state index is 15.3. The molecule has 16 heteroatoms. The molecule has 0 saturated carbocycles. The second-order valence-electron chi connectivity index (χ2n) is 13.2. The fourth-order valence-electron chi connectivity index (χ4n) is 7.09. The Hall–Kier alpha value is -5.22. The first-order valence-corrected chi connectivity index (χ1v) is 16.3. The summed E-state index contributed by atoms with van der Waals surface area (Å²) < 4.78 is 21.9. The number of rotatable bonds is 9. The van der Waals surface area contributed by atoms with Gasteiger partial charge in [0.15, 0.2) is 5.60 Å². The Kier molecular flexibility index (Phi) is 8.72. The van der Waals surface area contributed by atoms with Crippen LogP contribution < -0.4 is 33.0 Å². The summed E-state index contributed by atoms with van der Waals surface area (Å²) in [5.74, 6) is -4.29. The van der Waals surface area contributed by atoms with Gasteiger partial charge in [0.2, 0.25) is 23.6 Å². The van der Waals surface area contributed by atoms with Gasteiger partial charge in [-0.2, -0.15) is 0 Å². The first-order valence-electron chi connectivity index (χ1n) is 16.3. The van der Waals surface area contributed by atoms with Gasteiger partial charge in [-0.05, 0) is 62.8 Å². The molecule has 264 valence electrons. The van der Waals surface area contributed by atoms with Gasteiger partial charge < -0.3 is 41.8 Å². The molecule has 1 aromatic carbocycles. The highest BCUT2D eigenvalue weighted by Crippen LogP contribution is 2.46. The quantitative estimate of drug-likeness (QED) is 0.127. The van der Waals surface area contributed by atoms with Crippen molar-refractivity contribution in [2.45, 2.75) is 96.3 Å². The number of carbonyl (C=O) groups is 5. The zero-order valence-electron chi connectivity index (χ0n) is 27.9. The van der Waals surface area contributed by atoms with Crippen LogP contribution in [0, 0.1) is 12.7 Å². The zero-order valence-corrected chi connectivity index (χ0v) is 27.9. The van der Waals surface area contributed by atoms with Gasteiger partial charge in [0.25, 0.3) is 5.56 Å². The number of hydrogen-bond acceptors (Lipinski definition) is 10. The minimum absolute atomic E-state index is 0.0218. The van der Waals surface area contributed by atoms with Gasteiger partial charge in [0, 0.05) is 22.6 Å². The minimum Gasteiger partial charge on any atom is -0.458 e. The van der Waals surface area contributed by atoms with Crippen molar-refractivity contribution < 1.29 is 38.2 Å². The molecule has 5 atom stereocenters. The third kappa shape index (κ3) is 5.57. The van der Waals surface area contributed by atoms with Gasteiger partial charge in [-0.3, -0.25) is 24.0 Å². The highest BCUT2D eigenvalue weighted by Gasteiger charge is 2.46. The number of halogens is 1. The third-order valence-corrected chi connectivity index (χ3v) is 9.90. The number of amides is 4. The van der Waals surface area contributed by atoms with Crippen molar-refractivity contribution in [2.75, 3.05) is 0 Å². The van der Waals surface area contributed by atoms with Crippen LogP contribution in [0.1, 0.15) is 79.5 Å². The van der Waals surface area contributed by atoms with Crippen LogP contribution in [0.5, 0.6) is 0 Å². The van der Waals surface area contributed by atoms with Crippen LogP contribution in [0.15, 0.2) is 16.9 Å². The Morgan fingerprint density at radius 2 is 1.84 bits per heavy atom. The Balaban J connectivity index is 1.43. The summed E-state index contributed by atoms with van der Waals surface area (Å²) in [6.45, 7) is 5.79. The summed E-state index contributed by atoms with van der Waals surface area (Å²) in [5, 5.41) is 19.7. The molecule has 0 fully saturated rings. The molecule has 0 bridgehead atoms. The maximum Gasteiger partial charge on any atom is 0.343 e. The van der Waals surface area contributed by atoms with Crippen LogP contribution in [0.2, 0.25) is 0 Å². The number of pyridine rings is 2. The molecule has 4 amide bonds. The van der Waals surface area contributed by atoms with Crippen LogP contribution in [-0.2, 0) is 53.9 Å². The first kappa shape index (κ1) is 34.6. The fourth-order valence-corrected chi connectivity index (χ4v) is 7.09. The number of cyclic esters (lactones) is 1. The standard InChI is InChI=1S/C34H38FN7O8/c1-5-34(49)19-8-24-28-17(11-42(24)32(47)18(19)12-50-33(34)48)27-21(7-6-16-13(2)20(35)9-22(39-28)26(16)27)40-31(46)23(10-25(37)43)41-30(45)15(4)38-29(44)14(3)36/h8-9,14-15,21,23,49H,5-7,10-12,36H2,1-4H3,(H2,37,43)(H,38,44)(H,40,46)(H,41,45)/t14-,15-,21-,23-,34-/m0/s1. The van der Waals surface area contributed by atoms with E-state index in [-0.39, 0.29) is 36.2 Å². The summed E-state index contributed by atoms with van der Waals surface area (Å²) in [4.78, 5) is 82.1. The van der Waals surface area contributed by atoms with E-state index in [1.807, 2.05) is 0 Å². The van der Waals surface area contributed by atoms with E-state index >= 15 is 4.39 Å². The molecule has 15 nitrogen and oxygen atoms in total. The summed E-state index contributed by atoms with van der Waals surface area (Å²) >= 11 is 0. The van der Waals surface area contributed by atoms with Crippen molar-refractivity contribution >= 4 is 40.5 Å². The number of esters is 1. The molecule has 1 aliphatic carbocycles. The van der Waals surface area contributed by atoms with Gasteiger partial charge >= 0.3 is 5.97 Å². The van der Waals surface area contributed by atoms with Crippen molar-refractivity contribution in [1.82, 2.24) is 25.5 Å². The second-order valence-corrected chi connectivity index (χ2v) is 13.2. The largest absolute Gasteiger partial charge is 0.458 e. The predicted octanol–water partition coefficient (Wildman–Crippen LogP) is -0.157. The molecule has 0 unspecified atom stereocenters. The topological polar surface area (TPSA) is 238 Å². The first-order chi connectivity index (χ1) is 23.6. The van der Waals surface area contributed by atoms with Gasteiger partial charge in [0.05, 0.1) is 47.5 Å². The highest BCUT2D eigenvalue weighted by atomic mass is 19.1. The fraction of sp³-hybridized carbons (Fsp3) is 0.441. The van der Waals surface area contributed by atoms with E-state index in [2.05, 4.69) is 16.0 Å². The van der Waals surface area contributed by atoms with E-state index in [4.69, 9.17) is 21.2 Å². The molecule has 2 aromatic heterocycles. The van der Waals surface area contributed by atoms with Gasteiger partial charge in [0.1, 0.15) is 24.5 Å². The predicted molar refractivity (Wildman–Crippen MR) is 175 cm³/mol. The molecule has 6 rings (SSSR count). The summed E-state index contributed by atoms with van der Waals surface area (Å²) in [6, 6.07) is -1.29. The molecular formula is C34H38FN7O8. The third-order valence-electron chi connectivity index (χ3n) is 9.90. The molecule has 0 saturated heterocycles. The number of nitrogens with zero attached hydrogens (tertiary/aromatic N) is 2. The molecule has 0 spiro atoms. The Morgan fingerprint density at radius 1 is 1.12 bits per heavy atom. The lowest BCUT2D eigenvalue weighted by Gasteiger charge is -2.31. The highest BCUT2D eigenvalue weighted by molar-refractivity contribution is 5.97. The number of ether oxygens (including phenoxy) is 1. The molecule has 3 aromatic rings. The monoisotopic (exact) mass is 691 g/mol.